The van der Waals surface area contributed by atoms with Crippen molar-refractivity contribution in [3.8, 4) is 5.75 Å². The highest BCUT2D eigenvalue weighted by Gasteiger charge is 2.18. The van der Waals surface area contributed by atoms with Gasteiger partial charge in [0.2, 0.25) is 0 Å². The number of hydrogen-bond donors (Lipinski definition) is 0. The standard InChI is InChI=1S/C26H28N4O/c1-3-30-23-9-5-4-8-21(23)22-18-20(12-13-24(22)30)19-27-29-16-14-28(15-17-29)25-10-6-7-11-26(25)31-2/h4-13,18-19H,3,14-17H2,1-2H3/b27-19-. The van der Waals surface area contributed by atoms with Crippen LogP contribution in [0.4, 0.5) is 5.69 Å². The number of anilines is 1. The Labute approximate surface area is 183 Å². The largest absolute Gasteiger partial charge is 0.495 e. The fourth-order valence-electron chi connectivity index (χ4n) is 4.58. The Bertz CT molecular complexity index is 1230. The van der Waals surface area contributed by atoms with E-state index in [9.17, 15) is 0 Å². The van der Waals surface area contributed by atoms with E-state index in [4.69, 9.17) is 9.84 Å². The number of piperazine rings is 1. The molecule has 0 N–H and O–H groups in total. The maximum Gasteiger partial charge on any atom is 0.142 e. The van der Waals surface area contributed by atoms with Gasteiger partial charge in [-0.3, -0.25) is 5.01 Å². The van der Waals surface area contributed by atoms with Gasteiger partial charge in [-0.15, -0.1) is 0 Å². The smallest absolute Gasteiger partial charge is 0.142 e. The molecule has 4 aromatic rings. The number of nitrogens with zero attached hydrogens (tertiary/aromatic N) is 4. The zero-order valence-corrected chi connectivity index (χ0v) is 18.2. The Balaban J connectivity index is 1.33. The van der Waals surface area contributed by atoms with Gasteiger partial charge in [-0.1, -0.05) is 36.4 Å². The number of para-hydroxylation sites is 3. The van der Waals surface area contributed by atoms with Crippen LogP contribution < -0.4 is 9.64 Å². The quantitative estimate of drug-likeness (QED) is 0.434. The van der Waals surface area contributed by atoms with Gasteiger partial charge in [-0.05, 0) is 42.8 Å². The highest BCUT2D eigenvalue weighted by atomic mass is 16.5. The van der Waals surface area contributed by atoms with Gasteiger partial charge in [0, 0.05) is 41.4 Å². The van der Waals surface area contributed by atoms with Crippen molar-refractivity contribution in [1.29, 1.82) is 0 Å². The molecular formula is C26H28N4O. The number of aromatic nitrogens is 1. The summed E-state index contributed by atoms with van der Waals surface area (Å²) in [5.74, 6) is 0.930. The summed E-state index contributed by atoms with van der Waals surface area (Å²) in [6.45, 7) is 6.82. The van der Waals surface area contributed by atoms with Crippen LogP contribution in [0, 0.1) is 0 Å². The number of aryl methyl sites for hydroxylation is 1. The molecule has 2 heterocycles. The molecule has 0 radical (unpaired) electrons. The molecule has 1 aliphatic heterocycles. The molecule has 0 saturated carbocycles. The predicted molar refractivity (Wildman–Crippen MR) is 129 cm³/mol. The fraction of sp³-hybridized carbons (Fsp3) is 0.269. The molecule has 3 aromatic carbocycles. The molecule has 158 valence electrons. The van der Waals surface area contributed by atoms with E-state index in [1.807, 2.05) is 18.3 Å². The van der Waals surface area contributed by atoms with Gasteiger partial charge in [-0.2, -0.15) is 5.10 Å². The Morgan fingerprint density at radius 2 is 1.61 bits per heavy atom. The molecule has 5 rings (SSSR count). The van der Waals surface area contributed by atoms with Crippen molar-refractivity contribution in [2.75, 3.05) is 38.2 Å². The Kier molecular flexibility index (Phi) is 5.24. The van der Waals surface area contributed by atoms with E-state index in [1.165, 1.54) is 21.8 Å². The zero-order valence-electron chi connectivity index (χ0n) is 18.2. The third-order valence-electron chi connectivity index (χ3n) is 6.16. The zero-order chi connectivity index (χ0) is 21.2. The van der Waals surface area contributed by atoms with Gasteiger partial charge in [0.1, 0.15) is 5.75 Å². The Hall–Kier alpha value is -3.47. The molecule has 5 nitrogen and oxygen atoms in total. The van der Waals surface area contributed by atoms with E-state index >= 15 is 0 Å². The molecule has 5 heteroatoms. The van der Waals surface area contributed by atoms with E-state index < -0.39 is 0 Å². The van der Waals surface area contributed by atoms with Crippen LogP contribution in [-0.4, -0.2) is 49.1 Å². The second kappa shape index (κ2) is 8.34. The number of fused-ring (bicyclic) bond motifs is 3. The van der Waals surface area contributed by atoms with Crippen molar-refractivity contribution in [3.05, 3.63) is 72.3 Å². The minimum atomic E-state index is 0.895. The predicted octanol–water partition coefficient (Wildman–Crippen LogP) is 4.98. The van der Waals surface area contributed by atoms with Gasteiger partial charge >= 0.3 is 0 Å². The number of ether oxygens (including phenoxy) is 1. The highest BCUT2D eigenvalue weighted by Crippen LogP contribution is 2.30. The summed E-state index contributed by atoms with van der Waals surface area (Å²) in [6.07, 6.45) is 2.00. The topological polar surface area (TPSA) is 33.0 Å². The molecule has 0 atom stereocenters. The first-order valence-electron chi connectivity index (χ1n) is 11.0. The van der Waals surface area contributed by atoms with Crippen LogP contribution in [0.2, 0.25) is 0 Å². The summed E-state index contributed by atoms with van der Waals surface area (Å²) in [4.78, 5) is 2.37. The van der Waals surface area contributed by atoms with Crippen LogP contribution in [0.3, 0.4) is 0 Å². The van der Waals surface area contributed by atoms with Crippen LogP contribution in [0.5, 0.6) is 5.75 Å². The van der Waals surface area contributed by atoms with Gasteiger partial charge in [0.05, 0.1) is 32.1 Å². The molecule has 1 aromatic heterocycles. The van der Waals surface area contributed by atoms with Crippen molar-refractivity contribution < 1.29 is 4.74 Å². The van der Waals surface area contributed by atoms with E-state index in [0.717, 1.165) is 49.7 Å². The molecule has 0 amide bonds. The maximum absolute atomic E-state index is 5.52. The Morgan fingerprint density at radius 1 is 0.871 bits per heavy atom. The van der Waals surface area contributed by atoms with E-state index in [0.29, 0.717) is 0 Å². The molecule has 0 aliphatic carbocycles. The average molecular weight is 413 g/mol. The second-order valence-electron chi connectivity index (χ2n) is 7.90. The van der Waals surface area contributed by atoms with E-state index in [-0.39, 0.29) is 0 Å². The fourth-order valence-corrected chi connectivity index (χ4v) is 4.58. The number of methoxy groups -OCH3 is 1. The number of hydrogen-bond acceptors (Lipinski definition) is 4. The highest BCUT2D eigenvalue weighted by molar-refractivity contribution is 6.09. The summed E-state index contributed by atoms with van der Waals surface area (Å²) in [5.41, 5.74) is 4.87. The summed E-state index contributed by atoms with van der Waals surface area (Å²) >= 11 is 0. The van der Waals surface area contributed by atoms with Crippen molar-refractivity contribution in [2.45, 2.75) is 13.5 Å². The summed E-state index contributed by atoms with van der Waals surface area (Å²) in [7, 11) is 1.73. The minimum absolute atomic E-state index is 0.895. The molecular weight excluding hydrogens is 384 g/mol. The van der Waals surface area contributed by atoms with Crippen LogP contribution >= 0.6 is 0 Å². The average Bonchev–Trinajstić information content (AvgIpc) is 3.16. The SMILES string of the molecule is CCn1c2ccccc2c2cc(/C=N\N3CCN(c4ccccc4OC)CC3)ccc21. The molecule has 1 saturated heterocycles. The summed E-state index contributed by atoms with van der Waals surface area (Å²) < 4.78 is 7.90. The van der Waals surface area contributed by atoms with Crippen LogP contribution in [0.15, 0.2) is 71.8 Å². The second-order valence-corrected chi connectivity index (χ2v) is 7.90. The normalized spacial score (nSPS) is 14.8. The third-order valence-corrected chi connectivity index (χ3v) is 6.16. The molecule has 0 unspecified atom stereocenters. The monoisotopic (exact) mass is 412 g/mol. The molecule has 1 aliphatic rings. The lowest BCUT2D eigenvalue weighted by atomic mass is 10.1. The third kappa shape index (κ3) is 3.61. The first-order valence-corrected chi connectivity index (χ1v) is 11.0. The van der Waals surface area contributed by atoms with Gasteiger partial charge in [-0.25, -0.2) is 0 Å². The van der Waals surface area contributed by atoms with E-state index in [2.05, 4.69) is 76.0 Å². The number of benzene rings is 3. The van der Waals surface area contributed by atoms with Gasteiger partial charge < -0.3 is 14.2 Å². The van der Waals surface area contributed by atoms with Crippen LogP contribution in [0.1, 0.15) is 12.5 Å². The lowest BCUT2D eigenvalue weighted by Gasteiger charge is -2.35. The van der Waals surface area contributed by atoms with Crippen molar-refractivity contribution in [3.63, 3.8) is 0 Å². The summed E-state index contributed by atoms with van der Waals surface area (Å²) in [6, 6.07) is 23.5. The molecule has 0 bridgehead atoms. The van der Waals surface area contributed by atoms with Crippen molar-refractivity contribution in [1.82, 2.24) is 9.58 Å². The number of hydrazone groups is 1. The van der Waals surface area contributed by atoms with Gasteiger partial charge in [0.25, 0.3) is 0 Å². The van der Waals surface area contributed by atoms with Gasteiger partial charge in [0.15, 0.2) is 0 Å². The molecule has 1 fully saturated rings. The first kappa shape index (κ1) is 19.5. The van der Waals surface area contributed by atoms with Crippen molar-refractivity contribution in [2.24, 2.45) is 5.10 Å². The lowest BCUT2D eigenvalue weighted by molar-refractivity contribution is 0.271. The van der Waals surface area contributed by atoms with Crippen molar-refractivity contribution >= 4 is 33.7 Å². The minimum Gasteiger partial charge on any atom is -0.495 e. The lowest BCUT2D eigenvalue weighted by Crippen LogP contribution is -2.44. The Morgan fingerprint density at radius 3 is 2.42 bits per heavy atom. The molecule has 0 spiro atoms. The first-order chi connectivity index (χ1) is 15.3. The maximum atomic E-state index is 5.52. The summed E-state index contributed by atoms with van der Waals surface area (Å²) in [5, 5.41) is 9.54. The molecule has 31 heavy (non-hydrogen) atoms. The van der Waals surface area contributed by atoms with E-state index in [1.54, 1.807) is 7.11 Å². The van der Waals surface area contributed by atoms with Crippen LogP contribution in [-0.2, 0) is 6.54 Å². The number of rotatable bonds is 5. The van der Waals surface area contributed by atoms with Crippen LogP contribution in [0.25, 0.3) is 21.8 Å².